The first-order chi connectivity index (χ1) is 12.7. The van der Waals surface area contributed by atoms with Crippen molar-refractivity contribution in [1.82, 2.24) is 25.3 Å². The summed E-state index contributed by atoms with van der Waals surface area (Å²) >= 11 is 0. The third-order valence-electron chi connectivity index (χ3n) is 4.50. The third-order valence-corrected chi connectivity index (χ3v) is 4.50. The van der Waals surface area contributed by atoms with Crippen molar-refractivity contribution in [3.8, 4) is 11.4 Å². The quantitative estimate of drug-likeness (QED) is 0.659. The molecule has 3 aromatic rings. The molecule has 134 valence electrons. The fourth-order valence-electron chi connectivity index (χ4n) is 3.11. The smallest absolute Gasteiger partial charge is 0.316 e. The van der Waals surface area contributed by atoms with Crippen molar-refractivity contribution in [3.63, 3.8) is 0 Å². The van der Waals surface area contributed by atoms with Crippen LogP contribution < -0.4 is 5.32 Å². The minimum absolute atomic E-state index is 0.0659. The average Bonchev–Trinajstić information content (AvgIpc) is 3.38. The molecule has 4 rings (SSSR count). The molecule has 2 aromatic heterocycles. The van der Waals surface area contributed by atoms with Gasteiger partial charge in [-0.3, -0.25) is 9.59 Å². The molecule has 0 unspecified atom stereocenters. The summed E-state index contributed by atoms with van der Waals surface area (Å²) in [4.78, 5) is 32.8. The Bertz CT molecular complexity index is 945. The van der Waals surface area contributed by atoms with Crippen LogP contribution >= 0.6 is 0 Å². The number of likely N-dealkylation sites (tertiary alicyclic amines) is 1. The van der Waals surface area contributed by atoms with Gasteiger partial charge in [-0.05, 0) is 30.4 Å². The molecule has 8 nitrogen and oxygen atoms in total. The molecule has 1 aliphatic rings. The molecule has 0 bridgehead atoms. The summed E-state index contributed by atoms with van der Waals surface area (Å²) < 4.78 is 5.07. The maximum atomic E-state index is 12.1. The monoisotopic (exact) mass is 353 g/mol. The van der Waals surface area contributed by atoms with E-state index in [1.54, 1.807) is 0 Å². The normalized spacial score (nSPS) is 14.3. The zero-order valence-electron chi connectivity index (χ0n) is 14.2. The van der Waals surface area contributed by atoms with Crippen molar-refractivity contribution in [2.75, 3.05) is 19.6 Å². The number of nitrogens with zero attached hydrogens (tertiary/aromatic N) is 3. The lowest BCUT2D eigenvalue weighted by Gasteiger charge is -2.14. The minimum atomic E-state index is -0.405. The van der Waals surface area contributed by atoms with Crippen LogP contribution in [0.15, 0.2) is 35.0 Å². The first kappa shape index (κ1) is 16.3. The van der Waals surface area contributed by atoms with E-state index in [0.717, 1.165) is 29.4 Å². The molecule has 3 heterocycles. The molecule has 0 aliphatic carbocycles. The summed E-state index contributed by atoms with van der Waals surface area (Å²) in [6.07, 6.45) is 4.11. The first-order valence-corrected chi connectivity index (χ1v) is 8.68. The summed E-state index contributed by atoms with van der Waals surface area (Å²) in [5.74, 6) is 0.0903. The molecule has 1 saturated heterocycles. The second-order valence-corrected chi connectivity index (χ2v) is 6.30. The van der Waals surface area contributed by atoms with Crippen LogP contribution in [-0.4, -0.2) is 51.5 Å². The third kappa shape index (κ3) is 3.30. The van der Waals surface area contributed by atoms with Crippen molar-refractivity contribution in [3.05, 3.63) is 36.4 Å². The second-order valence-electron chi connectivity index (χ2n) is 6.30. The SMILES string of the molecule is O=C(NCCCN1CCCC1=O)c1nc(-c2ccc3cc[nH]c3c2)no1. The highest BCUT2D eigenvalue weighted by Gasteiger charge is 2.20. The Hall–Kier alpha value is -3.16. The Labute approximate surface area is 149 Å². The Kier molecular flexibility index (Phi) is 4.39. The molecular formula is C18H19N5O3. The molecule has 0 saturated carbocycles. The fourth-order valence-corrected chi connectivity index (χ4v) is 3.11. The number of H-pyrrole nitrogens is 1. The molecule has 2 amide bonds. The highest BCUT2D eigenvalue weighted by molar-refractivity contribution is 5.90. The summed E-state index contributed by atoms with van der Waals surface area (Å²) in [5, 5.41) is 7.72. The van der Waals surface area contributed by atoms with E-state index in [2.05, 4.69) is 20.4 Å². The lowest BCUT2D eigenvalue weighted by Crippen LogP contribution is -2.30. The molecular weight excluding hydrogens is 334 g/mol. The van der Waals surface area contributed by atoms with E-state index < -0.39 is 5.91 Å². The fraction of sp³-hybridized carbons (Fsp3) is 0.333. The van der Waals surface area contributed by atoms with E-state index in [4.69, 9.17) is 4.52 Å². The molecule has 1 aliphatic heterocycles. The molecule has 0 spiro atoms. The minimum Gasteiger partial charge on any atom is -0.361 e. The van der Waals surface area contributed by atoms with Crippen LogP contribution in [0, 0.1) is 0 Å². The average molecular weight is 353 g/mol. The lowest BCUT2D eigenvalue weighted by atomic mass is 10.1. The zero-order chi connectivity index (χ0) is 17.9. The number of amides is 2. The number of carbonyl (C=O) groups excluding carboxylic acids is 2. The molecule has 0 atom stereocenters. The van der Waals surface area contributed by atoms with Gasteiger partial charge in [0.05, 0.1) is 0 Å². The van der Waals surface area contributed by atoms with Crippen LogP contribution in [0.4, 0.5) is 0 Å². The zero-order valence-corrected chi connectivity index (χ0v) is 14.2. The molecule has 2 N–H and O–H groups in total. The van der Waals surface area contributed by atoms with E-state index in [1.807, 2.05) is 35.4 Å². The highest BCUT2D eigenvalue weighted by Crippen LogP contribution is 2.21. The van der Waals surface area contributed by atoms with Gasteiger partial charge in [0.1, 0.15) is 0 Å². The van der Waals surface area contributed by atoms with Gasteiger partial charge in [0.2, 0.25) is 11.7 Å². The Morgan fingerprint density at radius 2 is 2.27 bits per heavy atom. The number of aromatic amines is 1. The Balaban J connectivity index is 1.33. The van der Waals surface area contributed by atoms with Crippen molar-refractivity contribution >= 4 is 22.7 Å². The van der Waals surface area contributed by atoms with Crippen LogP contribution in [0.3, 0.4) is 0 Å². The largest absolute Gasteiger partial charge is 0.361 e. The maximum Gasteiger partial charge on any atom is 0.316 e. The lowest BCUT2D eigenvalue weighted by molar-refractivity contribution is -0.127. The summed E-state index contributed by atoms with van der Waals surface area (Å²) in [7, 11) is 0. The molecule has 0 radical (unpaired) electrons. The number of hydrogen-bond acceptors (Lipinski definition) is 5. The number of fused-ring (bicyclic) bond motifs is 1. The van der Waals surface area contributed by atoms with Crippen molar-refractivity contribution < 1.29 is 14.1 Å². The van der Waals surface area contributed by atoms with Crippen molar-refractivity contribution in [2.24, 2.45) is 0 Å². The van der Waals surface area contributed by atoms with Crippen LogP contribution in [0.25, 0.3) is 22.3 Å². The second kappa shape index (κ2) is 6.99. The van der Waals surface area contributed by atoms with E-state index in [1.165, 1.54) is 0 Å². The summed E-state index contributed by atoms with van der Waals surface area (Å²) in [5.41, 5.74) is 1.74. The van der Waals surface area contributed by atoms with Gasteiger partial charge in [0.25, 0.3) is 0 Å². The van der Waals surface area contributed by atoms with Gasteiger partial charge in [0.15, 0.2) is 0 Å². The van der Waals surface area contributed by atoms with Gasteiger partial charge < -0.3 is 19.7 Å². The predicted molar refractivity (Wildman–Crippen MR) is 94.4 cm³/mol. The summed E-state index contributed by atoms with van der Waals surface area (Å²) in [6, 6.07) is 7.73. The van der Waals surface area contributed by atoms with Gasteiger partial charge in [0, 0.05) is 43.3 Å². The van der Waals surface area contributed by atoms with Crippen LogP contribution in [0.5, 0.6) is 0 Å². The van der Waals surface area contributed by atoms with Gasteiger partial charge in [-0.25, -0.2) is 0 Å². The molecule has 26 heavy (non-hydrogen) atoms. The number of hydrogen-bond donors (Lipinski definition) is 2. The topological polar surface area (TPSA) is 104 Å². The van der Waals surface area contributed by atoms with Gasteiger partial charge in [-0.1, -0.05) is 17.3 Å². The summed E-state index contributed by atoms with van der Waals surface area (Å²) in [6.45, 7) is 1.92. The van der Waals surface area contributed by atoms with Crippen LogP contribution in [0.2, 0.25) is 0 Å². The van der Waals surface area contributed by atoms with E-state index in [9.17, 15) is 9.59 Å². The van der Waals surface area contributed by atoms with E-state index in [-0.39, 0.29) is 11.8 Å². The number of rotatable bonds is 6. The van der Waals surface area contributed by atoms with Crippen molar-refractivity contribution in [2.45, 2.75) is 19.3 Å². The van der Waals surface area contributed by atoms with Gasteiger partial charge in [-0.15, -0.1) is 0 Å². The molecule has 1 fully saturated rings. The van der Waals surface area contributed by atoms with E-state index in [0.29, 0.717) is 31.8 Å². The number of benzene rings is 1. The first-order valence-electron chi connectivity index (χ1n) is 8.68. The molecule has 8 heteroatoms. The predicted octanol–water partition coefficient (Wildman–Crippen LogP) is 1.96. The number of nitrogens with one attached hydrogen (secondary N) is 2. The molecule has 1 aromatic carbocycles. The van der Waals surface area contributed by atoms with Gasteiger partial charge >= 0.3 is 11.8 Å². The van der Waals surface area contributed by atoms with Crippen molar-refractivity contribution in [1.29, 1.82) is 0 Å². The van der Waals surface area contributed by atoms with Gasteiger partial charge in [-0.2, -0.15) is 4.98 Å². The Morgan fingerprint density at radius 3 is 3.12 bits per heavy atom. The van der Waals surface area contributed by atoms with E-state index >= 15 is 0 Å². The number of carbonyl (C=O) groups is 2. The maximum absolute atomic E-state index is 12.1. The number of aromatic nitrogens is 3. The highest BCUT2D eigenvalue weighted by atomic mass is 16.5. The van der Waals surface area contributed by atoms with Crippen LogP contribution in [-0.2, 0) is 4.79 Å². The standard InChI is InChI=1S/C18H19N5O3/c24-15-3-1-9-23(15)10-2-7-20-17(25)18-21-16(22-26-18)13-5-4-12-6-8-19-14(12)11-13/h4-6,8,11,19H,1-3,7,9-10H2,(H,20,25). The Morgan fingerprint density at radius 1 is 1.35 bits per heavy atom. The van der Waals surface area contributed by atoms with Crippen LogP contribution in [0.1, 0.15) is 29.9 Å².